The molecule has 0 bridgehead atoms. The molecular weight excluding hydrogens is 809 g/mol. The van der Waals surface area contributed by atoms with Gasteiger partial charge in [-0.05, 0) is 111 Å². The number of benzene rings is 3. The average molecular weight is 860 g/mol. The fraction of sp³-hybridized carbons (Fsp3) is 0.404. The van der Waals surface area contributed by atoms with E-state index in [2.05, 4.69) is 29.6 Å². The summed E-state index contributed by atoms with van der Waals surface area (Å²) < 4.78 is 40.3. The Bertz CT molecular complexity index is 2860. The van der Waals surface area contributed by atoms with Gasteiger partial charge in [0.05, 0.1) is 39.5 Å². The minimum atomic E-state index is -2.63. The maximum atomic E-state index is 15.1. The summed E-state index contributed by atoms with van der Waals surface area (Å²) in [6.07, 6.45) is 8.22. The quantitative estimate of drug-likeness (QED) is 0.136. The molecule has 1 aliphatic carbocycles. The van der Waals surface area contributed by atoms with Crippen LogP contribution < -0.4 is 16.3 Å². The van der Waals surface area contributed by atoms with Gasteiger partial charge in [-0.2, -0.15) is 10.4 Å². The number of aryl methyl sites for hydroxylation is 2. The number of carbonyl (C=O) groups excluding carboxylic acids is 1. The molecule has 1 N–H and O–H groups in total. The van der Waals surface area contributed by atoms with Crippen LogP contribution in [0.2, 0.25) is 0 Å². The first-order valence-electron chi connectivity index (χ1n) is 21.3. The van der Waals surface area contributed by atoms with E-state index >= 15 is 9.18 Å². The van der Waals surface area contributed by atoms with Crippen molar-refractivity contribution in [1.82, 2.24) is 23.8 Å². The molecule has 1 saturated carbocycles. The number of thiophene rings is 1. The maximum absolute atomic E-state index is 15.1. The van der Waals surface area contributed by atoms with Crippen molar-refractivity contribution in [3.05, 3.63) is 116 Å². The molecule has 2 fully saturated rings. The topological polar surface area (TPSA) is 127 Å². The smallest absolute Gasteiger partial charge is 0.338 e. The third-order valence-electron chi connectivity index (χ3n) is 13.4. The fourth-order valence-corrected chi connectivity index (χ4v) is 13.0. The second-order valence-corrected chi connectivity index (χ2v) is 21.4. The molecule has 9 rings (SSSR count). The molecule has 2 aliphatic heterocycles. The van der Waals surface area contributed by atoms with Crippen LogP contribution in [0, 0.1) is 31.0 Å². The second-order valence-electron chi connectivity index (χ2n) is 16.9. The predicted octanol–water partition coefficient (Wildman–Crippen LogP) is 9.06. The molecule has 3 aromatic carbocycles. The Morgan fingerprint density at radius 3 is 2.39 bits per heavy atom. The first-order chi connectivity index (χ1) is 29.4. The zero-order valence-corrected chi connectivity index (χ0v) is 37.3. The number of nitrogens with zero attached hydrogens (tertiary/aromatic N) is 6. The number of rotatable bonds is 10. The lowest BCUT2D eigenvalue weighted by atomic mass is 9.89. The summed E-state index contributed by atoms with van der Waals surface area (Å²) in [5, 5.41) is 20.5. The molecule has 14 heteroatoms. The summed E-state index contributed by atoms with van der Waals surface area (Å²) in [6.45, 7) is 11.1. The van der Waals surface area contributed by atoms with Gasteiger partial charge < -0.3 is 19.5 Å². The van der Waals surface area contributed by atoms with Gasteiger partial charge in [-0.15, -0.1) is 11.3 Å². The van der Waals surface area contributed by atoms with E-state index in [1.165, 1.54) is 16.9 Å². The lowest BCUT2D eigenvalue weighted by molar-refractivity contribution is 0.0681. The van der Waals surface area contributed by atoms with E-state index in [1.807, 2.05) is 43.9 Å². The summed E-state index contributed by atoms with van der Waals surface area (Å²) in [6, 6.07) is 17.5. The standard InChI is InChI=1S/C47H51FN7O4PS/c1-7-60(58,8-2)38-12-10-33(26-37(38)50-6)53-19-20-54(46(53)57)44-40-30(5)52(18-13-36(40)51-55(44)34-23-28(3)42(48)29(4)24-34)45(56)43-41(47(27-49)16-17-47)35-11-9-32(25-39(35)61-43)31-14-21-59-22-15-31/h9-12,19-20,23-26,30-31,50H,7-8,13-18,21-22H2,1-6H3/t30-/m0/s1. The molecule has 1 saturated heterocycles. The Labute approximate surface area is 359 Å². The van der Waals surface area contributed by atoms with Crippen molar-refractivity contribution in [3.63, 3.8) is 0 Å². The zero-order chi connectivity index (χ0) is 43.0. The van der Waals surface area contributed by atoms with Crippen LogP contribution in [0.25, 0.3) is 27.3 Å². The van der Waals surface area contributed by atoms with Crippen LogP contribution in [0.5, 0.6) is 0 Å². The molecule has 0 radical (unpaired) electrons. The first-order valence-corrected chi connectivity index (χ1v) is 24.2. The van der Waals surface area contributed by atoms with Crippen LogP contribution in [-0.2, 0) is 21.1 Å². The summed E-state index contributed by atoms with van der Waals surface area (Å²) in [5.74, 6) is 0.410. The molecule has 5 heterocycles. The Morgan fingerprint density at radius 2 is 1.74 bits per heavy atom. The molecule has 61 heavy (non-hydrogen) atoms. The number of imidazole rings is 1. The average Bonchev–Trinajstić information content (AvgIpc) is 3.61. The van der Waals surface area contributed by atoms with Gasteiger partial charge in [0.2, 0.25) is 0 Å². The molecule has 11 nitrogen and oxygen atoms in total. The molecule has 0 unspecified atom stereocenters. The molecular formula is C47H51FN7O4PS. The van der Waals surface area contributed by atoms with E-state index in [9.17, 15) is 14.6 Å². The van der Waals surface area contributed by atoms with Gasteiger partial charge in [0, 0.05) is 84.8 Å². The highest BCUT2D eigenvalue weighted by molar-refractivity contribution is 7.71. The number of ether oxygens (including phenoxy) is 1. The Morgan fingerprint density at radius 1 is 1.03 bits per heavy atom. The summed E-state index contributed by atoms with van der Waals surface area (Å²) in [5.41, 5.74) is 5.27. The lowest BCUT2D eigenvalue weighted by Gasteiger charge is -2.33. The van der Waals surface area contributed by atoms with E-state index in [0.717, 1.165) is 58.3 Å². The summed E-state index contributed by atoms with van der Waals surface area (Å²) in [7, 11) is -0.841. The molecule has 6 aromatic rings. The molecule has 3 aliphatic rings. The number of halogens is 1. The van der Waals surface area contributed by atoms with Crippen LogP contribution in [0.3, 0.4) is 0 Å². The highest BCUT2D eigenvalue weighted by atomic mass is 32.1. The monoisotopic (exact) mass is 859 g/mol. The van der Waals surface area contributed by atoms with Crippen molar-refractivity contribution in [1.29, 1.82) is 5.26 Å². The normalized spacial score (nSPS) is 17.7. The predicted molar refractivity (Wildman–Crippen MR) is 240 cm³/mol. The number of anilines is 1. The van der Waals surface area contributed by atoms with Gasteiger partial charge in [0.25, 0.3) is 5.91 Å². The van der Waals surface area contributed by atoms with Gasteiger partial charge in [-0.3, -0.25) is 13.9 Å². The van der Waals surface area contributed by atoms with Crippen LogP contribution in [0.15, 0.2) is 65.7 Å². The third kappa shape index (κ3) is 6.70. The van der Waals surface area contributed by atoms with Gasteiger partial charge >= 0.3 is 5.69 Å². The SMILES string of the molecule is CCP(=O)(CC)c1ccc(-n2ccn(-c3c4c(nn3-c3cc(C)c(F)c(C)c3)CCN(C(=O)c3sc5cc(C6CCOCC6)ccc5c3C3(C#N)CC3)[C@H]4C)c2=O)cc1NC. The number of fused-ring (bicyclic) bond motifs is 2. The number of carbonyl (C=O) groups is 1. The minimum Gasteiger partial charge on any atom is -0.387 e. The number of hydrogen-bond acceptors (Lipinski definition) is 8. The van der Waals surface area contributed by atoms with Gasteiger partial charge in [-0.1, -0.05) is 26.0 Å². The van der Waals surface area contributed by atoms with Crippen molar-refractivity contribution >= 4 is 45.5 Å². The van der Waals surface area contributed by atoms with Crippen molar-refractivity contribution in [2.24, 2.45) is 0 Å². The van der Waals surface area contributed by atoms with Gasteiger partial charge in [0.1, 0.15) is 18.8 Å². The van der Waals surface area contributed by atoms with E-state index in [-0.39, 0.29) is 17.4 Å². The number of nitrogens with one attached hydrogen (secondary N) is 1. The highest BCUT2D eigenvalue weighted by Gasteiger charge is 2.50. The van der Waals surface area contributed by atoms with Crippen LogP contribution >= 0.6 is 18.5 Å². The number of aromatic nitrogens is 4. The lowest BCUT2D eigenvalue weighted by Crippen LogP contribution is -2.39. The Kier molecular flexibility index (Phi) is 10.5. The maximum Gasteiger partial charge on any atom is 0.338 e. The fourth-order valence-electron chi connectivity index (χ4n) is 9.61. The Balaban J connectivity index is 1.16. The molecule has 1 amide bonds. The number of amides is 1. The molecule has 3 aromatic heterocycles. The number of nitriles is 1. The zero-order valence-electron chi connectivity index (χ0n) is 35.5. The highest BCUT2D eigenvalue weighted by Crippen LogP contribution is 2.54. The van der Waals surface area contributed by atoms with E-state index in [1.54, 1.807) is 59.2 Å². The van der Waals surface area contributed by atoms with Crippen LogP contribution in [-0.4, -0.2) is 68.9 Å². The third-order valence-corrected chi connectivity index (χ3v) is 17.9. The molecule has 0 spiro atoms. The van der Waals surface area contributed by atoms with E-state index < -0.39 is 18.6 Å². The van der Waals surface area contributed by atoms with Crippen LogP contribution in [0.4, 0.5) is 10.1 Å². The van der Waals surface area contributed by atoms with Crippen molar-refractivity contribution < 1.29 is 18.5 Å². The minimum absolute atomic E-state index is 0.142. The van der Waals surface area contributed by atoms with Crippen molar-refractivity contribution in [2.45, 2.75) is 84.1 Å². The summed E-state index contributed by atoms with van der Waals surface area (Å²) >= 11 is 1.48. The molecule has 316 valence electrons. The second kappa shape index (κ2) is 15.6. The summed E-state index contributed by atoms with van der Waals surface area (Å²) in [4.78, 5) is 32.3. The van der Waals surface area contributed by atoms with Gasteiger partial charge in [0.15, 0.2) is 0 Å². The first kappa shape index (κ1) is 41.1. The van der Waals surface area contributed by atoms with Crippen molar-refractivity contribution in [3.8, 4) is 23.3 Å². The van der Waals surface area contributed by atoms with E-state index in [0.29, 0.717) is 82.9 Å². The molecule has 1 atom stereocenters. The van der Waals surface area contributed by atoms with Crippen molar-refractivity contribution in [2.75, 3.05) is 44.4 Å². The Hall–Kier alpha value is -5.28. The van der Waals surface area contributed by atoms with Crippen LogP contribution in [0.1, 0.15) is 102 Å². The van der Waals surface area contributed by atoms with E-state index in [4.69, 9.17) is 9.84 Å². The number of hydrogen-bond donors (Lipinski definition) is 1. The van der Waals surface area contributed by atoms with Gasteiger partial charge in [-0.25, -0.2) is 13.9 Å². The largest absolute Gasteiger partial charge is 0.387 e.